The molecule has 92 valence electrons. The van der Waals surface area contributed by atoms with Crippen molar-refractivity contribution in [2.75, 3.05) is 20.1 Å². The van der Waals surface area contributed by atoms with Crippen LogP contribution in [-0.2, 0) is 10.2 Å². The summed E-state index contributed by atoms with van der Waals surface area (Å²) < 4.78 is 0. The van der Waals surface area contributed by atoms with Gasteiger partial charge in [0.15, 0.2) is 0 Å². The molecule has 1 aliphatic rings. The molecule has 0 saturated carbocycles. The molecule has 0 atom stereocenters. The fourth-order valence-electron chi connectivity index (χ4n) is 2.66. The zero-order valence-corrected chi connectivity index (χ0v) is 11.1. The van der Waals surface area contributed by atoms with Gasteiger partial charge in [0.1, 0.15) is 5.78 Å². The Bertz CT molecular complexity index is 422. The van der Waals surface area contributed by atoms with Gasteiger partial charge in [-0.1, -0.05) is 29.8 Å². The second-order valence-corrected chi connectivity index (χ2v) is 5.33. The van der Waals surface area contributed by atoms with E-state index in [0.717, 1.165) is 31.5 Å². The van der Waals surface area contributed by atoms with Crippen LogP contribution in [0, 0.1) is 0 Å². The number of hydrogen-bond donors (Lipinski definition) is 0. The van der Waals surface area contributed by atoms with Crippen molar-refractivity contribution in [3.63, 3.8) is 0 Å². The Labute approximate surface area is 108 Å². The van der Waals surface area contributed by atoms with Crippen LogP contribution < -0.4 is 0 Å². The van der Waals surface area contributed by atoms with E-state index >= 15 is 0 Å². The highest BCUT2D eigenvalue weighted by molar-refractivity contribution is 6.31. The van der Waals surface area contributed by atoms with Crippen molar-refractivity contribution in [3.05, 3.63) is 34.9 Å². The Hall–Kier alpha value is -0.860. The number of ketones is 1. The summed E-state index contributed by atoms with van der Waals surface area (Å²) >= 11 is 6.26. The summed E-state index contributed by atoms with van der Waals surface area (Å²) in [5.41, 5.74) is 0.632. The van der Waals surface area contributed by atoms with E-state index in [1.54, 1.807) is 6.92 Å². The smallest absolute Gasteiger partial charge is 0.140 e. The summed E-state index contributed by atoms with van der Waals surface area (Å²) in [5, 5.41) is 0.715. The van der Waals surface area contributed by atoms with Gasteiger partial charge in [0.25, 0.3) is 0 Å². The second-order valence-electron chi connectivity index (χ2n) is 4.92. The lowest BCUT2D eigenvalue weighted by Gasteiger charge is -2.39. The molecule has 17 heavy (non-hydrogen) atoms. The van der Waals surface area contributed by atoms with Gasteiger partial charge >= 0.3 is 0 Å². The third kappa shape index (κ3) is 2.24. The largest absolute Gasteiger partial charge is 0.306 e. The summed E-state index contributed by atoms with van der Waals surface area (Å²) in [6, 6.07) is 7.74. The third-order valence-corrected chi connectivity index (χ3v) is 4.23. The standard InChI is InChI=1S/C14H18ClNO/c1-11(17)14(7-9-16(2)10-8-14)12-5-3-4-6-13(12)15/h3-6H,7-10H2,1-2H3. The molecule has 0 radical (unpaired) electrons. The van der Waals surface area contributed by atoms with Crippen LogP contribution in [0.3, 0.4) is 0 Å². The van der Waals surface area contributed by atoms with Crippen LogP contribution in [0.5, 0.6) is 0 Å². The van der Waals surface area contributed by atoms with E-state index in [0.29, 0.717) is 5.02 Å². The van der Waals surface area contributed by atoms with E-state index < -0.39 is 0 Å². The summed E-state index contributed by atoms with van der Waals surface area (Å²) in [5.74, 6) is 0.235. The molecular formula is C14H18ClNO. The maximum atomic E-state index is 12.1. The van der Waals surface area contributed by atoms with Gasteiger partial charge in [0.05, 0.1) is 5.41 Å². The molecule has 0 unspecified atom stereocenters. The first-order valence-corrected chi connectivity index (χ1v) is 6.39. The number of hydrogen-bond acceptors (Lipinski definition) is 2. The molecule has 0 spiro atoms. The van der Waals surface area contributed by atoms with E-state index in [-0.39, 0.29) is 11.2 Å². The fraction of sp³-hybridized carbons (Fsp3) is 0.500. The third-order valence-electron chi connectivity index (χ3n) is 3.90. The number of likely N-dealkylation sites (tertiary alicyclic amines) is 1. The SMILES string of the molecule is CC(=O)C1(c2ccccc2Cl)CCN(C)CC1. The number of Topliss-reactive ketones (excluding diaryl/α,β-unsaturated/α-hetero) is 1. The second kappa shape index (κ2) is 4.79. The molecule has 1 fully saturated rings. The number of nitrogens with zero attached hydrogens (tertiary/aromatic N) is 1. The van der Waals surface area contributed by atoms with Crippen molar-refractivity contribution in [1.82, 2.24) is 4.90 Å². The van der Waals surface area contributed by atoms with E-state index in [4.69, 9.17) is 11.6 Å². The predicted octanol–water partition coefficient (Wildman–Crippen LogP) is 2.89. The minimum atomic E-state index is -0.370. The highest BCUT2D eigenvalue weighted by Crippen LogP contribution is 2.39. The number of rotatable bonds is 2. The van der Waals surface area contributed by atoms with Crippen molar-refractivity contribution < 1.29 is 4.79 Å². The molecule has 0 bridgehead atoms. The van der Waals surface area contributed by atoms with Gasteiger partial charge in [-0.3, -0.25) is 4.79 Å². The molecule has 1 saturated heterocycles. The first-order valence-electron chi connectivity index (χ1n) is 6.01. The maximum absolute atomic E-state index is 12.1. The van der Waals surface area contributed by atoms with Gasteiger partial charge in [-0.2, -0.15) is 0 Å². The number of piperidine rings is 1. The van der Waals surface area contributed by atoms with Crippen molar-refractivity contribution >= 4 is 17.4 Å². The van der Waals surface area contributed by atoms with Crippen LogP contribution in [0.2, 0.25) is 5.02 Å². The van der Waals surface area contributed by atoms with E-state index in [1.807, 2.05) is 24.3 Å². The van der Waals surface area contributed by atoms with Gasteiger partial charge in [-0.25, -0.2) is 0 Å². The van der Waals surface area contributed by atoms with Crippen LogP contribution in [0.15, 0.2) is 24.3 Å². The number of carbonyl (C=O) groups excluding carboxylic acids is 1. The Kier molecular flexibility index (Phi) is 3.55. The van der Waals surface area contributed by atoms with Crippen molar-refractivity contribution in [3.8, 4) is 0 Å². The predicted molar refractivity (Wildman–Crippen MR) is 70.5 cm³/mol. The number of halogens is 1. The average molecular weight is 252 g/mol. The first-order chi connectivity index (χ1) is 8.06. The van der Waals surface area contributed by atoms with Crippen molar-refractivity contribution in [2.24, 2.45) is 0 Å². The average Bonchev–Trinajstić information content (AvgIpc) is 2.31. The molecule has 2 rings (SSSR count). The normalized spacial score (nSPS) is 20.2. The highest BCUT2D eigenvalue weighted by atomic mass is 35.5. The Balaban J connectivity index is 2.42. The molecule has 1 aromatic rings. The molecule has 0 aromatic heterocycles. The van der Waals surface area contributed by atoms with Gasteiger partial charge in [-0.15, -0.1) is 0 Å². The van der Waals surface area contributed by atoms with Gasteiger partial charge in [0.2, 0.25) is 0 Å². The van der Waals surface area contributed by atoms with E-state index in [1.165, 1.54) is 0 Å². The van der Waals surface area contributed by atoms with Gasteiger partial charge in [0, 0.05) is 5.02 Å². The van der Waals surface area contributed by atoms with Crippen LogP contribution in [-0.4, -0.2) is 30.8 Å². The monoisotopic (exact) mass is 251 g/mol. The lowest BCUT2D eigenvalue weighted by Crippen LogP contribution is -2.45. The lowest BCUT2D eigenvalue weighted by molar-refractivity contribution is -0.124. The summed E-state index contributed by atoms with van der Waals surface area (Å²) in [4.78, 5) is 14.4. The summed E-state index contributed by atoms with van der Waals surface area (Å²) in [6.45, 7) is 3.59. The minimum Gasteiger partial charge on any atom is -0.306 e. The summed E-state index contributed by atoms with van der Waals surface area (Å²) in [6.07, 6.45) is 1.73. The number of benzene rings is 1. The molecule has 0 amide bonds. The molecule has 0 aliphatic carbocycles. The molecule has 2 nitrogen and oxygen atoms in total. The van der Waals surface area contributed by atoms with Gasteiger partial charge in [-0.05, 0) is 51.5 Å². The quantitative estimate of drug-likeness (QED) is 0.806. The fourth-order valence-corrected chi connectivity index (χ4v) is 2.98. The molecule has 1 aliphatic heterocycles. The lowest BCUT2D eigenvalue weighted by atomic mass is 9.70. The molecule has 3 heteroatoms. The van der Waals surface area contributed by atoms with Crippen LogP contribution in [0.4, 0.5) is 0 Å². The Morgan fingerprint density at radius 2 is 1.88 bits per heavy atom. The maximum Gasteiger partial charge on any atom is 0.140 e. The Morgan fingerprint density at radius 3 is 2.41 bits per heavy atom. The topological polar surface area (TPSA) is 20.3 Å². The molecular weight excluding hydrogens is 234 g/mol. The highest BCUT2D eigenvalue weighted by Gasteiger charge is 2.40. The molecule has 0 N–H and O–H groups in total. The van der Waals surface area contributed by atoms with Crippen LogP contribution >= 0.6 is 11.6 Å². The number of carbonyl (C=O) groups is 1. The van der Waals surface area contributed by atoms with Crippen LogP contribution in [0.25, 0.3) is 0 Å². The summed E-state index contributed by atoms with van der Waals surface area (Å²) in [7, 11) is 2.09. The van der Waals surface area contributed by atoms with Crippen LogP contribution in [0.1, 0.15) is 25.3 Å². The molecule has 1 heterocycles. The van der Waals surface area contributed by atoms with E-state index in [2.05, 4.69) is 11.9 Å². The van der Waals surface area contributed by atoms with E-state index in [9.17, 15) is 4.79 Å². The zero-order chi connectivity index (χ0) is 12.5. The minimum absolute atomic E-state index is 0.235. The Morgan fingerprint density at radius 1 is 1.29 bits per heavy atom. The van der Waals surface area contributed by atoms with Gasteiger partial charge < -0.3 is 4.90 Å². The van der Waals surface area contributed by atoms with Crippen molar-refractivity contribution in [1.29, 1.82) is 0 Å². The van der Waals surface area contributed by atoms with Crippen molar-refractivity contribution in [2.45, 2.75) is 25.2 Å². The molecule has 1 aromatic carbocycles. The zero-order valence-electron chi connectivity index (χ0n) is 10.4. The first kappa shape index (κ1) is 12.6.